The maximum atomic E-state index is 9.46. The minimum Gasteiger partial charge on any atom is -0.394 e. The lowest BCUT2D eigenvalue weighted by Gasteiger charge is -2.31. The van der Waals surface area contributed by atoms with Gasteiger partial charge in [-0.15, -0.1) is 0 Å². The van der Waals surface area contributed by atoms with Crippen molar-refractivity contribution in [1.29, 1.82) is 0 Å². The van der Waals surface area contributed by atoms with E-state index in [2.05, 4.69) is 19.2 Å². The summed E-state index contributed by atoms with van der Waals surface area (Å²) in [7, 11) is 0. The van der Waals surface area contributed by atoms with Crippen LogP contribution in [0.5, 0.6) is 0 Å². The molecule has 0 radical (unpaired) electrons. The molecule has 0 aliphatic carbocycles. The molecule has 0 fully saturated rings. The first-order valence-corrected chi connectivity index (χ1v) is 5.96. The van der Waals surface area contributed by atoms with Crippen molar-refractivity contribution in [2.24, 2.45) is 0 Å². The van der Waals surface area contributed by atoms with Gasteiger partial charge < -0.3 is 10.4 Å². The Hall–Kier alpha value is -0.570. The lowest BCUT2D eigenvalue weighted by atomic mass is 9.93. The molecule has 1 aromatic rings. The molecular weight excluding hydrogens is 222 g/mol. The molecule has 0 saturated heterocycles. The fourth-order valence-electron chi connectivity index (χ4n) is 1.90. The second kappa shape index (κ2) is 5.67. The van der Waals surface area contributed by atoms with Crippen LogP contribution >= 0.6 is 11.6 Å². The number of benzene rings is 1. The van der Waals surface area contributed by atoms with E-state index >= 15 is 0 Å². The van der Waals surface area contributed by atoms with Gasteiger partial charge in [0.2, 0.25) is 0 Å². The number of halogens is 1. The zero-order chi connectivity index (χ0) is 12.2. The molecule has 3 heteroatoms. The van der Waals surface area contributed by atoms with Crippen LogP contribution in [0.25, 0.3) is 0 Å². The molecule has 0 spiro atoms. The van der Waals surface area contributed by atoms with Gasteiger partial charge >= 0.3 is 0 Å². The SMILES string of the molecule is CC(C)NC(C)(CO)Cc1ccc(Cl)cc1. The number of hydrogen-bond donors (Lipinski definition) is 2. The molecule has 1 aromatic carbocycles. The highest BCUT2D eigenvalue weighted by Crippen LogP contribution is 2.16. The maximum absolute atomic E-state index is 9.46. The molecule has 0 heterocycles. The van der Waals surface area contributed by atoms with Gasteiger partial charge in [-0.3, -0.25) is 0 Å². The molecule has 0 aliphatic rings. The summed E-state index contributed by atoms with van der Waals surface area (Å²) in [5.41, 5.74) is 0.899. The van der Waals surface area contributed by atoms with Crippen molar-refractivity contribution in [2.75, 3.05) is 6.61 Å². The van der Waals surface area contributed by atoms with Crippen molar-refractivity contribution in [3.05, 3.63) is 34.9 Å². The van der Waals surface area contributed by atoms with E-state index in [1.165, 1.54) is 5.56 Å². The van der Waals surface area contributed by atoms with Gasteiger partial charge in [0.15, 0.2) is 0 Å². The van der Waals surface area contributed by atoms with E-state index in [0.29, 0.717) is 6.04 Å². The van der Waals surface area contributed by atoms with Gasteiger partial charge in [-0.1, -0.05) is 37.6 Å². The zero-order valence-corrected chi connectivity index (χ0v) is 10.9. The van der Waals surface area contributed by atoms with E-state index < -0.39 is 0 Å². The van der Waals surface area contributed by atoms with Crippen LogP contribution in [0.15, 0.2) is 24.3 Å². The van der Waals surface area contributed by atoms with Crippen LogP contribution in [0.1, 0.15) is 26.3 Å². The van der Waals surface area contributed by atoms with Gasteiger partial charge in [0.25, 0.3) is 0 Å². The van der Waals surface area contributed by atoms with Crippen molar-refractivity contribution in [3.63, 3.8) is 0 Å². The minimum atomic E-state index is -0.276. The summed E-state index contributed by atoms with van der Waals surface area (Å²) in [5, 5.41) is 13.6. The Morgan fingerprint density at radius 2 is 1.88 bits per heavy atom. The quantitative estimate of drug-likeness (QED) is 0.831. The highest BCUT2D eigenvalue weighted by molar-refractivity contribution is 6.30. The Bertz CT molecular complexity index is 323. The lowest BCUT2D eigenvalue weighted by Crippen LogP contribution is -2.50. The van der Waals surface area contributed by atoms with E-state index in [-0.39, 0.29) is 12.1 Å². The molecule has 2 nitrogen and oxygen atoms in total. The fourth-order valence-corrected chi connectivity index (χ4v) is 2.03. The van der Waals surface area contributed by atoms with Crippen molar-refractivity contribution in [2.45, 2.75) is 38.8 Å². The summed E-state index contributed by atoms with van der Waals surface area (Å²) in [5.74, 6) is 0. The van der Waals surface area contributed by atoms with Crippen molar-refractivity contribution < 1.29 is 5.11 Å². The second-order valence-electron chi connectivity index (χ2n) is 4.82. The molecular formula is C13H20ClNO. The van der Waals surface area contributed by atoms with Crippen molar-refractivity contribution >= 4 is 11.6 Å². The average Bonchev–Trinajstić information content (AvgIpc) is 2.20. The smallest absolute Gasteiger partial charge is 0.0613 e. The molecule has 0 aromatic heterocycles. The predicted molar refractivity (Wildman–Crippen MR) is 68.9 cm³/mol. The molecule has 0 amide bonds. The van der Waals surface area contributed by atoms with Crippen LogP contribution in [0, 0.1) is 0 Å². The average molecular weight is 242 g/mol. The topological polar surface area (TPSA) is 32.3 Å². The van der Waals surface area contributed by atoms with Crippen LogP contribution < -0.4 is 5.32 Å². The molecule has 16 heavy (non-hydrogen) atoms. The molecule has 2 N–H and O–H groups in total. The van der Waals surface area contributed by atoms with Gasteiger partial charge in [-0.2, -0.15) is 0 Å². The Morgan fingerprint density at radius 3 is 2.31 bits per heavy atom. The van der Waals surface area contributed by atoms with Gasteiger partial charge in [0, 0.05) is 16.6 Å². The first-order chi connectivity index (χ1) is 7.45. The number of rotatable bonds is 5. The predicted octanol–water partition coefficient (Wildman–Crippen LogP) is 2.63. The summed E-state index contributed by atoms with van der Waals surface area (Å²) in [6, 6.07) is 8.11. The summed E-state index contributed by atoms with van der Waals surface area (Å²) in [4.78, 5) is 0. The molecule has 1 atom stereocenters. The number of nitrogens with one attached hydrogen (secondary N) is 1. The Labute approximate surface area is 103 Å². The number of aliphatic hydroxyl groups excluding tert-OH is 1. The van der Waals surface area contributed by atoms with Gasteiger partial charge in [0.05, 0.1) is 6.61 Å². The lowest BCUT2D eigenvalue weighted by molar-refractivity contribution is 0.165. The normalized spacial score (nSPS) is 15.1. The molecule has 1 unspecified atom stereocenters. The third-order valence-corrected chi connectivity index (χ3v) is 2.75. The standard InChI is InChI=1S/C13H20ClNO/c1-10(2)15-13(3,9-16)8-11-4-6-12(14)7-5-11/h4-7,10,15-16H,8-9H2,1-3H3. The summed E-state index contributed by atoms with van der Waals surface area (Å²) >= 11 is 5.84. The van der Waals surface area contributed by atoms with Gasteiger partial charge in [-0.05, 0) is 31.0 Å². The van der Waals surface area contributed by atoms with Crippen molar-refractivity contribution in [3.8, 4) is 0 Å². The Balaban J connectivity index is 2.72. The largest absolute Gasteiger partial charge is 0.394 e. The van der Waals surface area contributed by atoms with E-state index in [0.717, 1.165) is 11.4 Å². The van der Waals surface area contributed by atoms with Crippen molar-refractivity contribution in [1.82, 2.24) is 5.32 Å². The van der Waals surface area contributed by atoms with E-state index in [1.807, 2.05) is 31.2 Å². The van der Waals surface area contributed by atoms with Crippen LogP contribution in [-0.4, -0.2) is 23.3 Å². The molecule has 0 saturated carbocycles. The fraction of sp³-hybridized carbons (Fsp3) is 0.538. The minimum absolute atomic E-state index is 0.119. The molecule has 0 bridgehead atoms. The summed E-state index contributed by atoms with van der Waals surface area (Å²) in [6.07, 6.45) is 0.791. The monoisotopic (exact) mass is 241 g/mol. The summed E-state index contributed by atoms with van der Waals surface area (Å²) < 4.78 is 0. The van der Waals surface area contributed by atoms with E-state index in [4.69, 9.17) is 11.6 Å². The zero-order valence-electron chi connectivity index (χ0n) is 10.1. The first-order valence-electron chi connectivity index (χ1n) is 5.58. The van der Waals surface area contributed by atoms with Crippen LogP contribution in [0.2, 0.25) is 5.02 Å². The van der Waals surface area contributed by atoms with Gasteiger partial charge in [0.1, 0.15) is 0 Å². The Morgan fingerprint density at radius 1 is 1.31 bits per heavy atom. The summed E-state index contributed by atoms with van der Waals surface area (Å²) in [6.45, 7) is 6.31. The third kappa shape index (κ3) is 4.12. The highest BCUT2D eigenvalue weighted by atomic mass is 35.5. The third-order valence-electron chi connectivity index (χ3n) is 2.49. The van der Waals surface area contributed by atoms with Crippen LogP contribution in [0.3, 0.4) is 0 Å². The molecule has 1 rings (SSSR count). The van der Waals surface area contributed by atoms with Crippen LogP contribution in [-0.2, 0) is 6.42 Å². The van der Waals surface area contributed by atoms with E-state index in [1.54, 1.807) is 0 Å². The molecule has 0 aliphatic heterocycles. The van der Waals surface area contributed by atoms with Crippen LogP contribution in [0.4, 0.5) is 0 Å². The number of hydrogen-bond acceptors (Lipinski definition) is 2. The Kier molecular flexibility index (Phi) is 4.78. The number of aliphatic hydroxyl groups is 1. The highest BCUT2D eigenvalue weighted by Gasteiger charge is 2.24. The van der Waals surface area contributed by atoms with Gasteiger partial charge in [-0.25, -0.2) is 0 Å². The maximum Gasteiger partial charge on any atom is 0.0613 e. The first kappa shape index (κ1) is 13.5. The second-order valence-corrected chi connectivity index (χ2v) is 5.26. The molecule has 90 valence electrons. The van der Waals surface area contributed by atoms with E-state index in [9.17, 15) is 5.11 Å².